The highest BCUT2D eigenvalue weighted by atomic mass is 19.4. The summed E-state index contributed by atoms with van der Waals surface area (Å²) in [7, 11) is 0. The first-order valence-corrected chi connectivity index (χ1v) is 10.9. The van der Waals surface area contributed by atoms with Gasteiger partial charge in [-0.05, 0) is 30.2 Å². The molecule has 1 aromatic carbocycles. The van der Waals surface area contributed by atoms with Crippen LogP contribution in [0.1, 0.15) is 28.5 Å². The Morgan fingerprint density at radius 2 is 2.08 bits per heavy atom. The minimum Gasteiger partial charge on any atom is -0.436 e. The number of ether oxygens (including phenoxy) is 2. The van der Waals surface area contributed by atoms with E-state index in [-0.39, 0.29) is 55.1 Å². The van der Waals surface area contributed by atoms with Crippen molar-refractivity contribution < 1.29 is 37.1 Å². The predicted octanol–water partition coefficient (Wildman–Crippen LogP) is 3.50. The third-order valence-corrected chi connectivity index (χ3v) is 5.19. The number of benzene rings is 1. The Kier molecular flexibility index (Phi) is 7.50. The van der Waals surface area contributed by atoms with E-state index in [1.165, 1.54) is 23.0 Å². The van der Waals surface area contributed by atoms with Crippen molar-refractivity contribution >= 4 is 11.6 Å². The lowest BCUT2D eigenvalue weighted by molar-refractivity contribution is -0.142. The van der Waals surface area contributed by atoms with Crippen LogP contribution in [0.5, 0.6) is 11.6 Å². The second kappa shape index (κ2) is 10.7. The maximum Gasteiger partial charge on any atom is 0.437 e. The first kappa shape index (κ1) is 25.1. The minimum atomic E-state index is -4.70. The normalized spacial score (nSPS) is 11.7. The Morgan fingerprint density at radius 1 is 1.25 bits per heavy atom. The fraction of sp³-hybridized carbons (Fsp3) is 0.304. The largest absolute Gasteiger partial charge is 0.437 e. The van der Waals surface area contributed by atoms with Crippen molar-refractivity contribution in [2.75, 3.05) is 26.4 Å². The molecule has 13 heteroatoms. The molecule has 3 heterocycles. The number of imidazole rings is 1. The van der Waals surface area contributed by atoms with E-state index in [1.54, 1.807) is 18.2 Å². The predicted molar refractivity (Wildman–Crippen MR) is 120 cm³/mol. The third kappa shape index (κ3) is 5.31. The van der Waals surface area contributed by atoms with Crippen molar-refractivity contribution in [1.82, 2.24) is 24.8 Å². The Balaban J connectivity index is 1.56. The summed E-state index contributed by atoms with van der Waals surface area (Å²) in [4.78, 5) is 20.9. The summed E-state index contributed by atoms with van der Waals surface area (Å²) in [5.41, 5.74) is 0.0483. The number of rotatable bonds is 10. The highest BCUT2D eigenvalue weighted by molar-refractivity contribution is 5.95. The summed E-state index contributed by atoms with van der Waals surface area (Å²) >= 11 is 0. The number of carbonyl (C=O) groups excluding carboxylic acids is 1. The van der Waals surface area contributed by atoms with Gasteiger partial charge in [0.1, 0.15) is 12.0 Å². The van der Waals surface area contributed by atoms with Crippen LogP contribution < -0.4 is 10.1 Å². The number of hydrogen-bond donors (Lipinski definition) is 2. The van der Waals surface area contributed by atoms with Crippen LogP contribution in [0.3, 0.4) is 0 Å². The average molecular weight is 505 g/mol. The van der Waals surface area contributed by atoms with Crippen LogP contribution >= 0.6 is 0 Å². The summed E-state index contributed by atoms with van der Waals surface area (Å²) in [6, 6.07) is 4.89. The number of fused-ring (bicyclic) bond motifs is 1. The molecule has 0 aliphatic heterocycles. The first-order valence-electron chi connectivity index (χ1n) is 10.9. The van der Waals surface area contributed by atoms with E-state index in [4.69, 9.17) is 14.6 Å². The zero-order valence-electron chi connectivity index (χ0n) is 19.1. The van der Waals surface area contributed by atoms with Crippen LogP contribution in [0, 0.1) is 0 Å². The van der Waals surface area contributed by atoms with Gasteiger partial charge in [-0.15, -0.1) is 0 Å². The number of nitrogens with zero attached hydrogens (tertiary/aromatic N) is 4. The topological polar surface area (TPSA) is 124 Å². The lowest BCUT2D eigenvalue weighted by Crippen LogP contribution is -2.28. The van der Waals surface area contributed by atoms with Crippen LogP contribution in [0.4, 0.5) is 13.2 Å². The monoisotopic (exact) mass is 505 g/mol. The molecule has 1 amide bonds. The molecule has 0 aliphatic rings. The smallest absolute Gasteiger partial charge is 0.436 e. The van der Waals surface area contributed by atoms with Gasteiger partial charge in [-0.2, -0.15) is 13.2 Å². The van der Waals surface area contributed by atoms with Gasteiger partial charge in [-0.3, -0.25) is 9.20 Å². The summed E-state index contributed by atoms with van der Waals surface area (Å²) < 4.78 is 56.8. The Bertz CT molecular complexity index is 1350. The molecule has 0 fully saturated rings. The van der Waals surface area contributed by atoms with E-state index in [1.807, 2.05) is 6.92 Å². The van der Waals surface area contributed by atoms with Crippen molar-refractivity contribution in [2.24, 2.45) is 0 Å². The van der Waals surface area contributed by atoms with Crippen LogP contribution in [0.25, 0.3) is 16.9 Å². The van der Waals surface area contributed by atoms with Gasteiger partial charge < -0.3 is 24.4 Å². The molecule has 4 aromatic rings. The van der Waals surface area contributed by atoms with Gasteiger partial charge in [0.2, 0.25) is 5.65 Å². The molecule has 0 atom stereocenters. The number of halogens is 3. The molecule has 0 saturated carbocycles. The molecular weight excluding hydrogens is 483 g/mol. The average Bonchev–Trinajstić information content (AvgIpc) is 3.51. The number of carbonyl (C=O) groups is 1. The van der Waals surface area contributed by atoms with Gasteiger partial charge in [0.25, 0.3) is 11.8 Å². The molecule has 0 bridgehead atoms. The van der Waals surface area contributed by atoms with Crippen molar-refractivity contribution in [3.63, 3.8) is 0 Å². The van der Waals surface area contributed by atoms with E-state index < -0.39 is 11.9 Å². The molecule has 0 saturated heterocycles. The lowest BCUT2D eigenvalue weighted by Gasteiger charge is -2.12. The lowest BCUT2D eigenvalue weighted by atomic mass is 10.0. The maximum atomic E-state index is 13.3. The molecular formula is C23H22F3N5O5. The molecule has 0 radical (unpaired) electrons. The molecule has 0 unspecified atom stereocenters. The quantitative estimate of drug-likeness (QED) is 0.314. The molecule has 2 N–H and O–H groups in total. The van der Waals surface area contributed by atoms with Crippen LogP contribution in [0.2, 0.25) is 0 Å². The summed E-state index contributed by atoms with van der Waals surface area (Å²) in [5, 5.41) is 14.5. The Morgan fingerprint density at radius 3 is 2.83 bits per heavy atom. The third-order valence-electron chi connectivity index (χ3n) is 5.19. The number of aliphatic hydroxyl groups is 1. The number of aliphatic hydroxyl groups excluding tert-OH is 1. The summed E-state index contributed by atoms with van der Waals surface area (Å²) in [6.07, 6.45) is 0.822. The highest BCUT2D eigenvalue weighted by Gasteiger charge is 2.38. The maximum absolute atomic E-state index is 13.3. The zero-order valence-corrected chi connectivity index (χ0v) is 19.1. The minimum absolute atomic E-state index is 0.0639. The van der Waals surface area contributed by atoms with E-state index in [2.05, 4.69) is 25.0 Å². The Hall–Kier alpha value is -3.97. The molecule has 0 aliphatic carbocycles. The second-order valence-electron chi connectivity index (χ2n) is 7.51. The van der Waals surface area contributed by atoms with Crippen LogP contribution in [0.15, 0.2) is 47.6 Å². The highest BCUT2D eigenvalue weighted by Crippen LogP contribution is 2.37. The summed E-state index contributed by atoms with van der Waals surface area (Å²) in [5.74, 6) is 0.160. The van der Waals surface area contributed by atoms with E-state index >= 15 is 0 Å². The van der Waals surface area contributed by atoms with Gasteiger partial charge in [0.05, 0.1) is 37.3 Å². The van der Waals surface area contributed by atoms with Crippen molar-refractivity contribution in [2.45, 2.75) is 19.5 Å². The van der Waals surface area contributed by atoms with Gasteiger partial charge in [-0.1, -0.05) is 12.1 Å². The van der Waals surface area contributed by atoms with Crippen LogP contribution in [-0.2, 0) is 17.3 Å². The second-order valence-corrected chi connectivity index (χ2v) is 7.51. The van der Waals surface area contributed by atoms with E-state index in [0.29, 0.717) is 17.7 Å². The molecule has 36 heavy (non-hydrogen) atoms. The zero-order chi connectivity index (χ0) is 25.7. The van der Waals surface area contributed by atoms with Crippen molar-refractivity contribution in [3.8, 4) is 22.9 Å². The van der Waals surface area contributed by atoms with Gasteiger partial charge >= 0.3 is 6.18 Å². The van der Waals surface area contributed by atoms with Gasteiger partial charge in [-0.25, -0.2) is 9.97 Å². The first-order chi connectivity index (χ1) is 17.3. The molecule has 4 rings (SSSR count). The van der Waals surface area contributed by atoms with Gasteiger partial charge in [0.15, 0.2) is 5.69 Å². The number of aromatic nitrogens is 4. The standard InChI is InChI=1S/C23H22F3N5O5/c1-2-14-11-15(3-4-16(14)21(33)27-6-9-34-10-8-32)36-22-20-29-12-18(31(20)7-5-28-22)17-13-35-30-19(17)23(24,25)26/h3-5,7,11-13,32H,2,6,8-10H2,1H3,(H,27,33). The van der Waals surface area contributed by atoms with Crippen LogP contribution in [-0.4, -0.2) is 56.9 Å². The van der Waals surface area contributed by atoms with Crippen molar-refractivity contribution in [3.05, 3.63) is 59.9 Å². The molecule has 10 nitrogen and oxygen atoms in total. The molecule has 190 valence electrons. The number of amides is 1. The number of hydrogen-bond acceptors (Lipinski definition) is 8. The fourth-order valence-corrected chi connectivity index (χ4v) is 3.55. The fourth-order valence-electron chi connectivity index (χ4n) is 3.55. The number of alkyl halides is 3. The number of nitrogens with one attached hydrogen (secondary N) is 1. The SMILES string of the molecule is CCc1cc(Oc2nccn3c(-c4conc4C(F)(F)F)cnc23)ccc1C(=O)NCCOCCO. The van der Waals surface area contributed by atoms with Crippen molar-refractivity contribution in [1.29, 1.82) is 0 Å². The van der Waals surface area contributed by atoms with E-state index in [9.17, 15) is 18.0 Å². The molecule has 3 aromatic heterocycles. The Labute approximate surface area is 202 Å². The summed E-state index contributed by atoms with van der Waals surface area (Å²) in [6.45, 7) is 2.56. The molecule has 0 spiro atoms. The van der Waals surface area contributed by atoms with Gasteiger partial charge in [0, 0.05) is 24.5 Å². The van der Waals surface area contributed by atoms with E-state index in [0.717, 1.165) is 11.8 Å². The number of aryl methyl sites for hydroxylation is 1.